The van der Waals surface area contributed by atoms with Crippen molar-refractivity contribution in [2.24, 2.45) is 5.92 Å². The van der Waals surface area contributed by atoms with E-state index in [-0.39, 0.29) is 11.3 Å². The van der Waals surface area contributed by atoms with Crippen molar-refractivity contribution in [2.45, 2.75) is 39.2 Å². The van der Waals surface area contributed by atoms with E-state index in [2.05, 4.69) is 50.4 Å². The first kappa shape index (κ1) is 15.0. The number of carbonyl (C=O) groups is 1. The number of carbonyl (C=O) groups excluding carboxylic acids is 1. The van der Waals surface area contributed by atoms with E-state index in [9.17, 15) is 4.79 Å². The Morgan fingerprint density at radius 2 is 1.85 bits per heavy atom. The van der Waals surface area contributed by atoms with Crippen molar-refractivity contribution in [1.82, 2.24) is 10.2 Å². The molecule has 2 rings (SSSR count). The minimum absolute atomic E-state index is 0.178. The maximum absolute atomic E-state index is 12.1. The van der Waals surface area contributed by atoms with Gasteiger partial charge in [0.05, 0.1) is 0 Å². The largest absolute Gasteiger partial charge is 0.341 e. The van der Waals surface area contributed by atoms with Gasteiger partial charge in [0.1, 0.15) is 0 Å². The first-order valence-electron chi connectivity index (χ1n) is 7.40. The van der Waals surface area contributed by atoms with E-state index in [4.69, 9.17) is 0 Å². The molecule has 110 valence electrons. The van der Waals surface area contributed by atoms with Crippen LogP contribution in [0.4, 0.5) is 0 Å². The molecule has 1 N–H and O–H groups in total. The van der Waals surface area contributed by atoms with Gasteiger partial charge in [-0.05, 0) is 35.5 Å². The van der Waals surface area contributed by atoms with Crippen molar-refractivity contribution in [3.8, 4) is 0 Å². The van der Waals surface area contributed by atoms with Crippen LogP contribution in [0.15, 0.2) is 24.3 Å². The van der Waals surface area contributed by atoms with Gasteiger partial charge in [-0.1, -0.05) is 45.0 Å². The van der Waals surface area contributed by atoms with Gasteiger partial charge in [-0.25, -0.2) is 0 Å². The monoisotopic (exact) mass is 274 g/mol. The van der Waals surface area contributed by atoms with Gasteiger partial charge in [0.2, 0.25) is 5.91 Å². The fraction of sp³-hybridized carbons (Fsp3) is 0.588. The summed E-state index contributed by atoms with van der Waals surface area (Å²) >= 11 is 0. The first-order chi connectivity index (χ1) is 9.36. The third-order valence-electron chi connectivity index (χ3n) is 3.99. The van der Waals surface area contributed by atoms with Gasteiger partial charge < -0.3 is 10.2 Å². The van der Waals surface area contributed by atoms with Gasteiger partial charge in [-0.2, -0.15) is 0 Å². The molecule has 1 aromatic rings. The van der Waals surface area contributed by atoms with Crippen LogP contribution in [0.5, 0.6) is 0 Å². The van der Waals surface area contributed by atoms with E-state index >= 15 is 0 Å². The molecule has 0 bridgehead atoms. The number of hydrogen-bond acceptors (Lipinski definition) is 2. The molecule has 1 saturated heterocycles. The molecule has 1 aliphatic heterocycles. The molecular weight excluding hydrogens is 248 g/mol. The molecule has 0 saturated carbocycles. The average Bonchev–Trinajstić information content (AvgIpc) is 2.33. The molecule has 1 aliphatic rings. The topological polar surface area (TPSA) is 32.3 Å². The van der Waals surface area contributed by atoms with Gasteiger partial charge in [0.15, 0.2) is 0 Å². The number of benzene rings is 1. The van der Waals surface area contributed by atoms with Gasteiger partial charge >= 0.3 is 0 Å². The zero-order valence-corrected chi connectivity index (χ0v) is 13.1. The summed E-state index contributed by atoms with van der Waals surface area (Å²) in [4.78, 5) is 13.9. The van der Waals surface area contributed by atoms with Crippen LogP contribution >= 0.6 is 0 Å². The Balaban J connectivity index is 1.90. The van der Waals surface area contributed by atoms with E-state index in [1.54, 1.807) is 0 Å². The summed E-state index contributed by atoms with van der Waals surface area (Å²) in [5, 5.41) is 3.20. The minimum Gasteiger partial charge on any atom is -0.341 e. The summed E-state index contributed by atoms with van der Waals surface area (Å²) in [6.45, 7) is 9.31. The van der Waals surface area contributed by atoms with E-state index in [1.165, 1.54) is 11.1 Å². The molecule has 1 aromatic carbocycles. The number of hydrogen-bond donors (Lipinski definition) is 1. The van der Waals surface area contributed by atoms with Crippen molar-refractivity contribution in [3.05, 3.63) is 35.4 Å². The molecule has 1 fully saturated rings. The minimum atomic E-state index is 0.178. The van der Waals surface area contributed by atoms with Gasteiger partial charge in [0.25, 0.3) is 0 Å². The number of amides is 1. The summed E-state index contributed by atoms with van der Waals surface area (Å²) < 4.78 is 0. The summed E-state index contributed by atoms with van der Waals surface area (Å²) in [6, 6.07) is 8.61. The third kappa shape index (κ3) is 3.83. The smallest absolute Gasteiger partial charge is 0.222 e. The Bertz CT molecular complexity index is 455. The summed E-state index contributed by atoms with van der Waals surface area (Å²) in [7, 11) is 1.89. The second kappa shape index (κ2) is 5.96. The zero-order chi connectivity index (χ0) is 14.8. The highest BCUT2D eigenvalue weighted by molar-refractivity contribution is 5.76. The second-order valence-corrected chi connectivity index (χ2v) is 6.93. The highest BCUT2D eigenvalue weighted by Crippen LogP contribution is 2.22. The molecule has 0 unspecified atom stereocenters. The number of nitrogens with zero attached hydrogens (tertiary/aromatic N) is 1. The van der Waals surface area contributed by atoms with Gasteiger partial charge in [-0.3, -0.25) is 4.79 Å². The van der Waals surface area contributed by atoms with Gasteiger partial charge in [-0.15, -0.1) is 0 Å². The van der Waals surface area contributed by atoms with Crippen LogP contribution in [0, 0.1) is 5.92 Å². The molecule has 0 aliphatic carbocycles. The third-order valence-corrected chi connectivity index (χ3v) is 3.99. The molecule has 0 spiro atoms. The zero-order valence-electron chi connectivity index (χ0n) is 13.1. The van der Waals surface area contributed by atoms with Crippen molar-refractivity contribution in [3.63, 3.8) is 0 Å². The second-order valence-electron chi connectivity index (χ2n) is 6.93. The standard InChI is InChI=1S/C17H26N2O/c1-17(2,3)15-7-5-13(6-8-15)12-19(4)16(20)9-14-10-18-11-14/h5-8,14,18H,9-12H2,1-4H3. The number of rotatable bonds is 4. The molecule has 1 amide bonds. The van der Waals surface area contributed by atoms with Crippen molar-refractivity contribution < 1.29 is 4.79 Å². The molecule has 20 heavy (non-hydrogen) atoms. The fourth-order valence-corrected chi connectivity index (χ4v) is 2.37. The molecule has 3 heteroatoms. The van der Waals surface area contributed by atoms with Crippen LogP contribution in [0.25, 0.3) is 0 Å². The quantitative estimate of drug-likeness (QED) is 0.915. The lowest BCUT2D eigenvalue weighted by atomic mass is 9.87. The van der Waals surface area contributed by atoms with E-state index in [0.717, 1.165) is 13.1 Å². The molecule has 0 radical (unpaired) electrons. The van der Waals surface area contributed by atoms with Crippen molar-refractivity contribution in [2.75, 3.05) is 20.1 Å². The van der Waals surface area contributed by atoms with Crippen LogP contribution in [0.1, 0.15) is 38.3 Å². The Morgan fingerprint density at radius 3 is 2.30 bits per heavy atom. The maximum atomic E-state index is 12.1. The summed E-state index contributed by atoms with van der Waals surface area (Å²) in [5.41, 5.74) is 2.70. The van der Waals surface area contributed by atoms with Crippen LogP contribution in [0.3, 0.4) is 0 Å². The summed E-state index contributed by atoms with van der Waals surface area (Å²) in [6.07, 6.45) is 0.670. The maximum Gasteiger partial charge on any atom is 0.222 e. The molecule has 0 atom stereocenters. The van der Waals surface area contributed by atoms with Crippen LogP contribution < -0.4 is 5.32 Å². The van der Waals surface area contributed by atoms with E-state index in [1.807, 2.05) is 11.9 Å². The van der Waals surface area contributed by atoms with E-state index < -0.39 is 0 Å². The lowest BCUT2D eigenvalue weighted by Crippen LogP contribution is -2.44. The van der Waals surface area contributed by atoms with Crippen molar-refractivity contribution in [1.29, 1.82) is 0 Å². The van der Waals surface area contributed by atoms with Crippen LogP contribution in [-0.4, -0.2) is 30.9 Å². The SMILES string of the molecule is CN(Cc1ccc(C(C)(C)C)cc1)C(=O)CC1CNC1. The Morgan fingerprint density at radius 1 is 1.25 bits per heavy atom. The average molecular weight is 274 g/mol. The van der Waals surface area contributed by atoms with E-state index in [0.29, 0.717) is 18.9 Å². The molecule has 1 heterocycles. The molecule has 3 nitrogen and oxygen atoms in total. The normalized spacial score (nSPS) is 15.8. The van der Waals surface area contributed by atoms with Crippen LogP contribution in [-0.2, 0) is 16.8 Å². The fourth-order valence-electron chi connectivity index (χ4n) is 2.37. The van der Waals surface area contributed by atoms with Crippen LogP contribution in [0.2, 0.25) is 0 Å². The number of nitrogens with one attached hydrogen (secondary N) is 1. The predicted octanol–water partition coefficient (Wildman–Crippen LogP) is 2.55. The highest BCUT2D eigenvalue weighted by Gasteiger charge is 2.22. The Labute approximate surface area is 122 Å². The summed E-state index contributed by atoms with van der Waals surface area (Å²) in [5.74, 6) is 0.782. The highest BCUT2D eigenvalue weighted by atomic mass is 16.2. The lowest BCUT2D eigenvalue weighted by Gasteiger charge is -2.28. The predicted molar refractivity (Wildman–Crippen MR) is 82.6 cm³/mol. The van der Waals surface area contributed by atoms with Crippen molar-refractivity contribution >= 4 is 5.91 Å². The Hall–Kier alpha value is -1.35. The van der Waals surface area contributed by atoms with Gasteiger partial charge in [0, 0.05) is 20.0 Å². The lowest BCUT2D eigenvalue weighted by molar-refractivity contribution is -0.131. The first-order valence-corrected chi connectivity index (χ1v) is 7.40. The molecular formula is C17H26N2O. The molecule has 0 aromatic heterocycles. The Kier molecular flexibility index (Phi) is 4.48.